The fourth-order valence-electron chi connectivity index (χ4n) is 2.15. The molecule has 1 aliphatic rings. The molecule has 0 aliphatic heterocycles. The van der Waals surface area contributed by atoms with Gasteiger partial charge in [0.2, 0.25) is 0 Å². The van der Waals surface area contributed by atoms with Crippen molar-refractivity contribution in [2.45, 2.75) is 44.4 Å². The van der Waals surface area contributed by atoms with Gasteiger partial charge in [0, 0.05) is 23.7 Å². The smallest absolute Gasteiger partial charge is 0.153 e. The molecule has 0 atom stereocenters. The summed E-state index contributed by atoms with van der Waals surface area (Å²) in [5, 5.41) is 4.63. The lowest BCUT2D eigenvalue weighted by Crippen LogP contribution is -2.04. The first-order valence-electron chi connectivity index (χ1n) is 6.80. The number of aromatic nitrogens is 3. The third kappa shape index (κ3) is 2.66. The highest BCUT2D eigenvalue weighted by atomic mass is 35.5. The summed E-state index contributed by atoms with van der Waals surface area (Å²) in [6.45, 7) is 4.28. The molecule has 0 unspecified atom stereocenters. The SMILES string of the molecule is CC(C)c1cc(CCl)cc(-n2ccc(C3CC3)n2)n1. The molecule has 0 spiro atoms. The van der Waals surface area contributed by atoms with Gasteiger partial charge in [0.1, 0.15) is 0 Å². The topological polar surface area (TPSA) is 30.7 Å². The molecule has 19 heavy (non-hydrogen) atoms. The average molecular weight is 276 g/mol. The Labute approximate surface area is 118 Å². The number of rotatable bonds is 4. The number of hydrogen-bond acceptors (Lipinski definition) is 2. The first-order valence-corrected chi connectivity index (χ1v) is 7.33. The summed E-state index contributed by atoms with van der Waals surface area (Å²) < 4.78 is 1.87. The molecule has 3 rings (SSSR count). The summed E-state index contributed by atoms with van der Waals surface area (Å²) in [5.41, 5.74) is 3.35. The summed E-state index contributed by atoms with van der Waals surface area (Å²) in [5.74, 6) is 2.43. The third-order valence-electron chi connectivity index (χ3n) is 3.48. The largest absolute Gasteiger partial charge is 0.233 e. The van der Waals surface area contributed by atoms with Crippen molar-refractivity contribution in [1.29, 1.82) is 0 Å². The van der Waals surface area contributed by atoms with Gasteiger partial charge in [-0.15, -0.1) is 11.6 Å². The van der Waals surface area contributed by atoms with Crippen LogP contribution in [-0.2, 0) is 5.88 Å². The molecule has 2 heterocycles. The van der Waals surface area contributed by atoms with Crippen molar-refractivity contribution >= 4 is 11.6 Å². The Balaban J connectivity index is 1.99. The van der Waals surface area contributed by atoms with E-state index in [1.54, 1.807) is 0 Å². The molecule has 0 N–H and O–H groups in total. The fraction of sp³-hybridized carbons (Fsp3) is 0.467. The minimum Gasteiger partial charge on any atom is -0.233 e. The Bertz CT molecular complexity index is 585. The summed E-state index contributed by atoms with van der Waals surface area (Å²) in [7, 11) is 0. The minimum absolute atomic E-state index is 0.389. The van der Waals surface area contributed by atoms with Gasteiger partial charge in [-0.3, -0.25) is 0 Å². The molecule has 2 aromatic rings. The van der Waals surface area contributed by atoms with Crippen molar-refractivity contribution in [2.24, 2.45) is 0 Å². The maximum absolute atomic E-state index is 5.97. The number of alkyl halides is 1. The molecule has 1 saturated carbocycles. The Morgan fingerprint density at radius 3 is 2.79 bits per heavy atom. The van der Waals surface area contributed by atoms with Crippen molar-refractivity contribution < 1.29 is 0 Å². The van der Waals surface area contributed by atoms with E-state index >= 15 is 0 Å². The molecule has 0 aromatic carbocycles. The Hall–Kier alpha value is -1.35. The van der Waals surface area contributed by atoms with E-state index in [1.807, 2.05) is 16.9 Å². The van der Waals surface area contributed by atoms with Crippen molar-refractivity contribution in [1.82, 2.24) is 14.8 Å². The lowest BCUT2D eigenvalue weighted by Gasteiger charge is -2.10. The predicted octanol–water partition coefficient (Wildman–Crippen LogP) is 4.01. The maximum atomic E-state index is 5.97. The van der Waals surface area contributed by atoms with Gasteiger partial charge in [-0.05, 0) is 42.5 Å². The van der Waals surface area contributed by atoms with Gasteiger partial charge in [-0.2, -0.15) is 5.10 Å². The van der Waals surface area contributed by atoms with E-state index in [2.05, 4.69) is 36.1 Å². The van der Waals surface area contributed by atoms with Gasteiger partial charge in [0.25, 0.3) is 0 Å². The molecule has 0 saturated heterocycles. The second-order valence-corrected chi connectivity index (χ2v) is 5.77. The molecule has 1 aliphatic carbocycles. The molecular weight excluding hydrogens is 258 g/mol. The van der Waals surface area contributed by atoms with Gasteiger partial charge < -0.3 is 0 Å². The van der Waals surface area contributed by atoms with E-state index < -0.39 is 0 Å². The van der Waals surface area contributed by atoms with E-state index in [4.69, 9.17) is 11.6 Å². The van der Waals surface area contributed by atoms with Crippen molar-refractivity contribution in [3.63, 3.8) is 0 Å². The summed E-state index contributed by atoms with van der Waals surface area (Å²) >= 11 is 5.97. The van der Waals surface area contributed by atoms with Crippen LogP contribution in [0.5, 0.6) is 0 Å². The zero-order chi connectivity index (χ0) is 13.4. The molecule has 0 amide bonds. The zero-order valence-corrected chi connectivity index (χ0v) is 12.1. The van der Waals surface area contributed by atoms with Gasteiger partial charge in [-0.25, -0.2) is 9.67 Å². The number of halogens is 1. The first kappa shape index (κ1) is 12.7. The standard InChI is InChI=1S/C15H18ClN3/c1-10(2)14-7-11(9-16)8-15(17-14)19-6-5-13(18-19)12-3-4-12/h5-8,10,12H,3-4,9H2,1-2H3. The average Bonchev–Trinajstić information content (AvgIpc) is 3.15. The van der Waals surface area contributed by atoms with Crippen molar-refractivity contribution in [3.05, 3.63) is 41.3 Å². The number of nitrogens with zero attached hydrogens (tertiary/aromatic N) is 3. The lowest BCUT2D eigenvalue weighted by atomic mass is 10.1. The molecule has 0 radical (unpaired) electrons. The van der Waals surface area contributed by atoms with Crippen LogP contribution in [0.15, 0.2) is 24.4 Å². The van der Waals surface area contributed by atoms with Crippen LogP contribution in [0, 0.1) is 0 Å². The number of hydrogen-bond donors (Lipinski definition) is 0. The van der Waals surface area contributed by atoms with E-state index in [1.165, 1.54) is 18.5 Å². The van der Waals surface area contributed by atoms with Gasteiger partial charge >= 0.3 is 0 Å². The second kappa shape index (κ2) is 4.97. The van der Waals surface area contributed by atoms with E-state index in [9.17, 15) is 0 Å². The fourth-order valence-corrected chi connectivity index (χ4v) is 2.30. The summed E-state index contributed by atoms with van der Waals surface area (Å²) in [6.07, 6.45) is 4.53. The van der Waals surface area contributed by atoms with Crippen LogP contribution in [0.4, 0.5) is 0 Å². The number of pyridine rings is 1. The molecule has 0 bridgehead atoms. The lowest BCUT2D eigenvalue weighted by molar-refractivity contribution is 0.769. The van der Waals surface area contributed by atoms with Crippen LogP contribution in [0.3, 0.4) is 0 Å². The molecular formula is C15H18ClN3. The maximum Gasteiger partial charge on any atom is 0.153 e. The second-order valence-electron chi connectivity index (χ2n) is 5.51. The van der Waals surface area contributed by atoms with Crippen LogP contribution in [0.2, 0.25) is 0 Å². The highest BCUT2D eigenvalue weighted by molar-refractivity contribution is 6.17. The van der Waals surface area contributed by atoms with Gasteiger partial charge in [-0.1, -0.05) is 13.8 Å². The minimum atomic E-state index is 0.389. The van der Waals surface area contributed by atoms with Crippen LogP contribution in [0.1, 0.15) is 55.5 Å². The molecule has 2 aromatic heterocycles. The third-order valence-corrected chi connectivity index (χ3v) is 3.79. The Kier molecular flexibility index (Phi) is 3.31. The van der Waals surface area contributed by atoms with Crippen LogP contribution in [0.25, 0.3) is 5.82 Å². The normalized spacial score (nSPS) is 15.2. The highest BCUT2D eigenvalue weighted by Crippen LogP contribution is 2.39. The Morgan fingerprint density at radius 2 is 2.16 bits per heavy atom. The first-order chi connectivity index (χ1) is 9.17. The zero-order valence-electron chi connectivity index (χ0n) is 11.3. The molecule has 100 valence electrons. The van der Waals surface area contributed by atoms with Gasteiger partial charge in [0.05, 0.1) is 5.69 Å². The highest BCUT2D eigenvalue weighted by Gasteiger charge is 2.26. The summed E-state index contributed by atoms with van der Waals surface area (Å²) in [4.78, 5) is 4.69. The monoisotopic (exact) mass is 275 g/mol. The quantitative estimate of drug-likeness (QED) is 0.790. The predicted molar refractivity (Wildman–Crippen MR) is 77.0 cm³/mol. The molecule has 1 fully saturated rings. The van der Waals surface area contributed by atoms with E-state index in [0.717, 1.165) is 17.1 Å². The van der Waals surface area contributed by atoms with E-state index in [0.29, 0.717) is 17.7 Å². The van der Waals surface area contributed by atoms with Crippen molar-refractivity contribution in [3.8, 4) is 5.82 Å². The van der Waals surface area contributed by atoms with Crippen LogP contribution < -0.4 is 0 Å². The van der Waals surface area contributed by atoms with Crippen LogP contribution >= 0.6 is 11.6 Å². The summed E-state index contributed by atoms with van der Waals surface area (Å²) in [6, 6.07) is 6.19. The Morgan fingerprint density at radius 1 is 1.37 bits per heavy atom. The molecule has 3 nitrogen and oxygen atoms in total. The molecule has 4 heteroatoms. The van der Waals surface area contributed by atoms with E-state index in [-0.39, 0.29) is 0 Å². The van der Waals surface area contributed by atoms with Gasteiger partial charge in [0.15, 0.2) is 5.82 Å². The van der Waals surface area contributed by atoms with Crippen LogP contribution in [-0.4, -0.2) is 14.8 Å². The van der Waals surface area contributed by atoms with Crippen molar-refractivity contribution in [2.75, 3.05) is 0 Å².